The van der Waals surface area contributed by atoms with Gasteiger partial charge in [-0.3, -0.25) is 18.9 Å². The van der Waals surface area contributed by atoms with E-state index in [1.807, 2.05) is 70.0 Å². The van der Waals surface area contributed by atoms with Crippen molar-refractivity contribution in [1.29, 1.82) is 0 Å². The molecule has 8 aliphatic rings. The topological polar surface area (TPSA) is 307 Å². The number of pyridine rings is 2. The first-order chi connectivity index (χ1) is 52.9. The zero-order valence-corrected chi connectivity index (χ0v) is 66.3. The molecular formula is C80H115N19O8S2. The number of amidine groups is 1. The van der Waals surface area contributed by atoms with Gasteiger partial charge < -0.3 is 34.5 Å². The Kier molecular flexibility index (Phi) is 29.5. The number of carbonyl (C=O) groups is 3. The van der Waals surface area contributed by atoms with Crippen molar-refractivity contribution in [2.45, 2.75) is 193 Å². The SMILES string of the molecule is C1CCC2=NCCCN2CC1.CCN(CC)CC.CCS(=O)(=O)NC(=O)c1cc(N2CCC(N3CCCCC3)CC2)c2c(C3CCC3)nn(-c3ccccc3)c2n1.CCS(N)(=O)=O.O=C(O)c1cc(N2CCC(N3CCCCC3)CC2)c2c(C3CCC3)nn(-c3ccccc3)c2n1.O=C(n1ccnc1)n1ccnc1. The van der Waals surface area contributed by atoms with E-state index in [2.05, 4.69) is 80.0 Å². The lowest BCUT2D eigenvalue weighted by Crippen LogP contribution is -2.46. The van der Waals surface area contributed by atoms with Gasteiger partial charge in [-0.2, -0.15) is 10.2 Å². The van der Waals surface area contributed by atoms with E-state index in [-0.39, 0.29) is 28.9 Å². The van der Waals surface area contributed by atoms with Crippen molar-refractivity contribution in [2.24, 2.45) is 10.1 Å². The number of hydrogen-bond donors (Lipinski definition) is 3. The number of nitrogens with two attached hydrogens (primary N) is 1. The minimum Gasteiger partial charge on any atom is -0.477 e. The van der Waals surface area contributed by atoms with Crippen LogP contribution in [0.15, 0.2) is 115 Å². The number of anilines is 2. The van der Waals surface area contributed by atoms with Crippen LogP contribution in [-0.4, -0.2) is 229 Å². The zero-order chi connectivity index (χ0) is 76.9. The minimum atomic E-state index is -3.72. The summed E-state index contributed by atoms with van der Waals surface area (Å²) in [5.41, 5.74) is 7.33. The van der Waals surface area contributed by atoms with Crippen molar-refractivity contribution in [3.05, 3.63) is 133 Å². The van der Waals surface area contributed by atoms with E-state index in [1.165, 1.54) is 184 Å². The second kappa shape index (κ2) is 39.4. The van der Waals surface area contributed by atoms with E-state index in [4.69, 9.17) is 15.2 Å². The van der Waals surface area contributed by atoms with E-state index >= 15 is 0 Å². The molecule has 2 aromatic carbocycles. The van der Waals surface area contributed by atoms with Crippen molar-refractivity contribution in [3.63, 3.8) is 0 Å². The maximum absolute atomic E-state index is 13.2. The molecule has 7 fully saturated rings. The number of carboxylic acids is 1. The van der Waals surface area contributed by atoms with Gasteiger partial charge in [-0.05, 0) is 192 Å². The number of rotatable bonds is 16. The molecule has 2 aliphatic carbocycles. The maximum atomic E-state index is 13.2. The minimum absolute atomic E-state index is 0.0208. The molecule has 8 aromatic rings. The molecular weight excluding hydrogens is 1420 g/mol. The fourth-order valence-electron chi connectivity index (χ4n) is 15.7. The van der Waals surface area contributed by atoms with Gasteiger partial charge in [0.25, 0.3) is 5.91 Å². The highest BCUT2D eigenvalue weighted by Crippen LogP contribution is 2.45. The van der Waals surface area contributed by atoms with Gasteiger partial charge in [0.2, 0.25) is 20.0 Å². The number of benzene rings is 2. The van der Waals surface area contributed by atoms with Gasteiger partial charge in [0.15, 0.2) is 17.0 Å². The van der Waals surface area contributed by atoms with Gasteiger partial charge >= 0.3 is 12.0 Å². The molecule has 12 heterocycles. The van der Waals surface area contributed by atoms with Crippen LogP contribution in [0.1, 0.15) is 214 Å². The van der Waals surface area contributed by atoms with Gasteiger partial charge in [0, 0.05) is 101 Å². The first-order valence-electron chi connectivity index (χ1n) is 40.1. The lowest BCUT2D eigenvalue weighted by molar-refractivity contribution is 0.0690. The molecule has 1 amide bonds. The zero-order valence-electron chi connectivity index (χ0n) is 64.7. The quantitative estimate of drug-likeness (QED) is 0.0809. The number of likely N-dealkylation sites (tertiary alicyclic amines) is 2. The van der Waals surface area contributed by atoms with E-state index in [1.54, 1.807) is 36.9 Å². The fraction of sp³-hybridized carbons (Fsp3) is 0.575. The molecule has 16 rings (SSSR count). The molecule has 590 valence electrons. The summed E-state index contributed by atoms with van der Waals surface area (Å²) in [5.74, 6) is 0.345. The third kappa shape index (κ3) is 21.6. The average Bonchev–Trinajstić information content (AvgIpc) is 1.61. The van der Waals surface area contributed by atoms with E-state index in [0.717, 1.165) is 129 Å². The summed E-state index contributed by atoms with van der Waals surface area (Å²) in [6, 6.07) is 24.5. The summed E-state index contributed by atoms with van der Waals surface area (Å²) in [6.45, 7) is 25.2. The number of piperidine rings is 4. The molecule has 0 unspecified atom stereocenters. The molecule has 0 radical (unpaired) electrons. The number of imidazole rings is 2. The second-order valence-electron chi connectivity index (χ2n) is 29.5. The van der Waals surface area contributed by atoms with Gasteiger partial charge in [-0.1, -0.05) is 89.3 Å². The lowest BCUT2D eigenvalue weighted by Gasteiger charge is -2.41. The number of carboxylic acid groups (broad SMARTS) is 1. The number of aliphatic imine (C=N–C) groups is 1. The van der Waals surface area contributed by atoms with Gasteiger partial charge in [0.05, 0.1) is 62.3 Å². The number of nitrogens with zero attached hydrogens (tertiary/aromatic N) is 17. The molecule has 6 aromatic heterocycles. The number of aromatic carboxylic acids is 1. The predicted molar refractivity (Wildman–Crippen MR) is 431 cm³/mol. The number of primary sulfonamides is 1. The van der Waals surface area contributed by atoms with Crippen LogP contribution in [-0.2, 0) is 20.0 Å². The fourth-order valence-corrected chi connectivity index (χ4v) is 16.2. The molecule has 0 atom stereocenters. The Morgan fingerprint density at radius 2 is 0.954 bits per heavy atom. The summed E-state index contributed by atoms with van der Waals surface area (Å²) in [4.78, 5) is 73.1. The van der Waals surface area contributed by atoms with Crippen molar-refractivity contribution in [1.82, 2.24) is 73.0 Å². The predicted octanol–water partition coefficient (Wildman–Crippen LogP) is 12.0. The van der Waals surface area contributed by atoms with E-state index in [9.17, 15) is 36.3 Å². The number of amides is 1. The summed E-state index contributed by atoms with van der Waals surface area (Å²) < 4.78 is 52.7. The summed E-state index contributed by atoms with van der Waals surface area (Å²) in [7, 11) is -6.89. The number of sulfonamides is 2. The average molecular weight is 1540 g/mol. The first kappa shape index (κ1) is 81.5. The van der Waals surface area contributed by atoms with Crippen LogP contribution in [0, 0.1) is 0 Å². The number of fused-ring (bicyclic) bond motifs is 3. The van der Waals surface area contributed by atoms with Crippen LogP contribution in [0.5, 0.6) is 0 Å². The van der Waals surface area contributed by atoms with Crippen LogP contribution < -0.4 is 19.7 Å². The molecule has 4 N–H and O–H groups in total. The van der Waals surface area contributed by atoms with Crippen molar-refractivity contribution in [2.75, 3.05) is 113 Å². The number of nitrogens with one attached hydrogen (secondary N) is 1. The molecule has 109 heavy (non-hydrogen) atoms. The Labute approximate surface area is 643 Å². The molecule has 27 nitrogen and oxygen atoms in total. The summed E-state index contributed by atoms with van der Waals surface area (Å²) in [5, 5.41) is 26.6. The first-order valence-corrected chi connectivity index (χ1v) is 43.5. The monoisotopic (exact) mass is 1530 g/mol. The summed E-state index contributed by atoms with van der Waals surface area (Å²) >= 11 is 0. The smallest absolute Gasteiger partial charge is 0.354 e. The largest absolute Gasteiger partial charge is 0.477 e. The molecule has 0 bridgehead atoms. The maximum Gasteiger partial charge on any atom is 0.354 e. The Morgan fingerprint density at radius 1 is 0.523 bits per heavy atom. The van der Waals surface area contributed by atoms with Gasteiger partial charge in [0.1, 0.15) is 18.3 Å². The van der Waals surface area contributed by atoms with E-state index in [0.29, 0.717) is 35.2 Å². The van der Waals surface area contributed by atoms with Crippen LogP contribution in [0.4, 0.5) is 16.2 Å². The number of para-hydroxylation sites is 2. The third-order valence-electron chi connectivity index (χ3n) is 22.5. The number of aromatic nitrogens is 10. The van der Waals surface area contributed by atoms with Crippen molar-refractivity contribution in [3.8, 4) is 11.4 Å². The molecule has 5 saturated heterocycles. The molecule has 29 heteroatoms. The molecule has 0 spiro atoms. The summed E-state index contributed by atoms with van der Waals surface area (Å²) in [6.07, 6.45) is 34.9. The van der Waals surface area contributed by atoms with Crippen molar-refractivity contribution >= 4 is 77.2 Å². The molecule has 2 saturated carbocycles. The molecule has 6 aliphatic heterocycles. The highest BCUT2D eigenvalue weighted by molar-refractivity contribution is 7.90. The van der Waals surface area contributed by atoms with Crippen molar-refractivity contribution < 1.29 is 36.3 Å². The third-order valence-corrected chi connectivity index (χ3v) is 24.6. The van der Waals surface area contributed by atoms with Crippen LogP contribution in [0.25, 0.3) is 33.4 Å². The van der Waals surface area contributed by atoms with Crippen LogP contribution in [0.3, 0.4) is 0 Å². The Bertz CT molecular complexity index is 4420. The number of carbonyl (C=O) groups excluding carboxylic acids is 2. The number of hydrogen-bond acceptors (Lipinski definition) is 20. The highest BCUT2D eigenvalue weighted by atomic mass is 32.2. The van der Waals surface area contributed by atoms with E-state index < -0.39 is 31.9 Å². The Hall–Kier alpha value is -8.48. The Balaban J connectivity index is 0.000000150. The van der Waals surface area contributed by atoms with Gasteiger partial charge in [-0.15, -0.1) is 0 Å². The second-order valence-corrected chi connectivity index (χ2v) is 33.4. The standard InChI is InChI=1S/C29H38N6O3S.C27H33N5O2.C9H16N2.C7H6N4O.C6H15N.C2H7NO2S/c1-2-39(37,38)32-29(36)24-20-25(34-18-14-22(15-19-34)33-16-7-4-8-17-33)26-27(21-10-9-11-21)31-35(28(26)30-24)23-12-5-3-6-13-23;33-27(34)22-18-23(31-16-12-20(13-17-31)30-14-5-2-6-15-30)24-25(19-8-7-9-19)29-32(26(24)28-22)21-10-3-1-4-11-21;1-2-5-9-10-6-4-8-11(9)7-3-1;12-7(10-3-1-8-5-10)11-4-2-9-6-11;1-4-7(5-2)6-3;1-2-6(3,4)5/h3,5-6,12-13,20-22H,2,4,7-11,14-19H2,1H3,(H,32,36);1,3-4,10-11,18-20H,2,5-9,12-17H2,(H,33,34);1-8H2;1-6H;4-6H2,1-3H3;2H2,1H3,(H2,3,4,5). The lowest BCUT2D eigenvalue weighted by atomic mass is 9.82. The van der Waals surface area contributed by atoms with Crippen LogP contribution in [0.2, 0.25) is 0 Å². The van der Waals surface area contributed by atoms with Crippen LogP contribution >= 0.6 is 0 Å². The highest BCUT2D eigenvalue weighted by Gasteiger charge is 2.36. The van der Waals surface area contributed by atoms with Gasteiger partial charge in [-0.25, -0.2) is 65.6 Å². The Morgan fingerprint density at radius 3 is 1.35 bits per heavy atom. The normalized spacial score (nSPS) is 18.4.